The number of hydrogen-bond acceptors (Lipinski definition) is 5. The number of unbranched alkanes of at least 4 members (excludes halogenated alkanes) is 1. The molecule has 6 nitrogen and oxygen atoms in total. The maximum atomic E-state index is 14.2. The second-order valence-electron chi connectivity index (χ2n) is 13.1. The number of rotatable bonds is 8. The van der Waals surface area contributed by atoms with Gasteiger partial charge in [-0.25, -0.2) is 0 Å². The van der Waals surface area contributed by atoms with Crippen LogP contribution in [0.15, 0.2) is 42.5 Å². The Morgan fingerprint density at radius 3 is 2.45 bits per heavy atom. The van der Waals surface area contributed by atoms with Gasteiger partial charge in [-0.3, -0.25) is 9.59 Å². The number of hydrogen-bond donors (Lipinski definition) is 2. The van der Waals surface area contributed by atoms with Crippen molar-refractivity contribution in [3.63, 3.8) is 0 Å². The second-order valence-corrected chi connectivity index (χ2v) is 13.9. The van der Waals surface area contributed by atoms with Crippen LogP contribution in [-0.2, 0) is 15.0 Å². The van der Waals surface area contributed by atoms with Gasteiger partial charge in [0.2, 0.25) is 5.91 Å². The number of benzene rings is 2. The lowest BCUT2D eigenvalue weighted by Gasteiger charge is -2.37. The first-order chi connectivity index (χ1) is 19.0. The summed E-state index contributed by atoms with van der Waals surface area (Å²) in [5.41, 5.74) is 1.51. The Morgan fingerprint density at radius 2 is 1.75 bits per heavy atom. The maximum absolute atomic E-state index is 14.2. The average molecular weight is 586 g/mol. The van der Waals surface area contributed by atoms with E-state index in [9.17, 15) is 9.59 Å². The van der Waals surface area contributed by atoms with Crippen LogP contribution in [0.3, 0.4) is 0 Å². The van der Waals surface area contributed by atoms with E-state index in [0.717, 1.165) is 68.8 Å². The summed E-state index contributed by atoms with van der Waals surface area (Å²) in [7, 11) is 2.16. The van der Waals surface area contributed by atoms with Gasteiger partial charge in [-0.2, -0.15) is 0 Å². The fourth-order valence-electron chi connectivity index (χ4n) is 7.04. The SMILES string of the molecule is CN1CCN(CCCCC(=O)[C@@H]2N[C@H](CC(C)(C)C)[C@]3(C(=O)Nc4cc(Cl)ccc43)[C@H]2c2cccc(Cl)c2)CC1. The zero-order valence-electron chi connectivity index (χ0n) is 24.1. The highest BCUT2D eigenvalue weighted by Crippen LogP contribution is 2.57. The molecule has 216 valence electrons. The van der Waals surface area contributed by atoms with Crippen molar-refractivity contribution in [1.82, 2.24) is 15.1 Å². The Balaban J connectivity index is 1.47. The zero-order valence-corrected chi connectivity index (χ0v) is 25.6. The molecule has 0 unspecified atom stereocenters. The molecular formula is C32H42Cl2N4O2. The molecule has 2 aromatic rings. The summed E-state index contributed by atoms with van der Waals surface area (Å²) in [6.07, 6.45) is 3.03. The first-order valence-corrected chi connectivity index (χ1v) is 15.3. The number of anilines is 1. The van der Waals surface area contributed by atoms with Gasteiger partial charge < -0.3 is 20.4 Å². The van der Waals surface area contributed by atoms with E-state index in [4.69, 9.17) is 23.2 Å². The standard InChI is InChI=1S/C32H42Cl2N4O2/c1-31(2,3)20-27-32(24-12-11-23(34)19-25(24)35-30(32)40)28(21-8-7-9-22(33)18-21)29(36-27)26(39)10-5-6-13-38-16-14-37(4)15-17-38/h7-9,11-12,18-19,27-29,36H,5-6,10,13-17,20H2,1-4H3,(H,35,40)/t27-,28+,29+,32+/m1/s1. The number of nitrogens with one attached hydrogen (secondary N) is 2. The summed E-state index contributed by atoms with van der Waals surface area (Å²) in [5, 5.41) is 8.03. The number of nitrogens with zero attached hydrogens (tertiary/aromatic N) is 2. The van der Waals surface area contributed by atoms with Crippen LogP contribution in [0.4, 0.5) is 5.69 Å². The van der Waals surface area contributed by atoms with Crippen LogP contribution >= 0.6 is 23.2 Å². The van der Waals surface area contributed by atoms with Gasteiger partial charge >= 0.3 is 0 Å². The van der Waals surface area contributed by atoms with Crippen molar-refractivity contribution in [3.05, 3.63) is 63.6 Å². The minimum atomic E-state index is -0.960. The number of Topliss-reactive ketones (excluding diaryl/α,β-unsaturated/α-hetero) is 1. The van der Waals surface area contributed by atoms with Gasteiger partial charge in [0.05, 0.1) is 6.04 Å². The van der Waals surface area contributed by atoms with E-state index in [1.165, 1.54) is 0 Å². The topological polar surface area (TPSA) is 64.7 Å². The fourth-order valence-corrected chi connectivity index (χ4v) is 7.41. The lowest BCUT2D eigenvalue weighted by atomic mass is 9.62. The van der Waals surface area contributed by atoms with Crippen molar-refractivity contribution in [2.45, 2.75) is 69.9 Å². The normalized spacial score (nSPS) is 27.2. The smallest absolute Gasteiger partial charge is 0.237 e. The molecule has 3 aliphatic heterocycles. The molecule has 4 atom stereocenters. The summed E-state index contributed by atoms with van der Waals surface area (Å²) in [4.78, 5) is 33.1. The summed E-state index contributed by atoms with van der Waals surface area (Å²) >= 11 is 12.9. The molecule has 2 aromatic carbocycles. The molecule has 3 heterocycles. The maximum Gasteiger partial charge on any atom is 0.237 e. The quantitative estimate of drug-likeness (QED) is 0.388. The van der Waals surface area contributed by atoms with Crippen molar-refractivity contribution in [3.8, 4) is 0 Å². The molecule has 0 bridgehead atoms. The number of piperazine rings is 1. The van der Waals surface area contributed by atoms with E-state index >= 15 is 0 Å². The van der Waals surface area contributed by atoms with Gasteiger partial charge in [-0.15, -0.1) is 0 Å². The van der Waals surface area contributed by atoms with Crippen LogP contribution in [-0.4, -0.2) is 73.3 Å². The number of fused-ring (bicyclic) bond motifs is 2. The third-order valence-electron chi connectivity index (χ3n) is 8.92. The highest BCUT2D eigenvalue weighted by atomic mass is 35.5. The third kappa shape index (κ3) is 5.84. The van der Waals surface area contributed by atoms with Crippen molar-refractivity contribution in [1.29, 1.82) is 0 Å². The molecule has 1 amide bonds. The predicted octanol–water partition coefficient (Wildman–Crippen LogP) is 5.73. The van der Waals surface area contributed by atoms with E-state index in [2.05, 4.69) is 48.3 Å². The number of halogens is 2. The Morgan fingerprint density at radius 1 is 1.02 bits per heavy atom. The van der Waals surface area contributed by atoms with Gasteiger partial charge in [-0.1, -0.05) is 62.2 Å². The van der Waals surface area contributed by atoms with E-state index in [-0.39, 0.29) is 23.1 Å². The average Bonchev–Trinajstić information content (AvgIpc) is 3.36. The predicted molar refractivity (Wildman–Crippen MR) is 164 cm³/mol. The van der Waals surface area contributed by atoms with Crippen LogP contribution in [0.1, 0.15) is 63.5 Å². The highest BCUT2D eigenvalue weighted by Gasteiger charge is 2.65. The number of carbonyl (C=O) groups is 2. The van der Waals surface area contributed by atoms with E-state index in [0.29, 0.717) is 16.5 Å². The molecule has 2 fully saturated rings. The van der Waals surface area contributed by atoms with Crippen molar-refractivity contribution in [2.24, 2.45) is 5.41 Å². The van der Waals surface area contributed by atoms with E-state index in [1.54, 1.807) is 0 Å². The Labute approximate surface area is 248 Å². The number of likely N-dealkylation sites (N-methyl/N-ethyl adjacent to an activating group) is 1. The number of amides is 1. The van der Waals surface area contributed by atoms with E-state index < -0.39 is 17.4 Å². The van der Waals surface area contributed by atoms with Gasteiger partial charge in [0.25, 0.3) is 0 Å². The van der Waals surface area contributed by atoms with E-state index in [1.807, 2.05) is 42.5 Å². The Bertz CT molecular complexity index is 1250. The molecule has 40 heavy (non-hydrogen) atoms. The minimum Gasteiger partial charge on any atom is -0.325 e. The molecular weight excluding hydrogens is 543 g/mol. The van der Waals surface area contributed by atoms with Crippen LogP contribution < -0.4 is 10.6 Å². The molecule has 0 radical (unpaired) electrons. The molecule has 2 N–H and O–H groups in total. The molecule has 2 saturated heterocycles. The summed E-state index contributed by atoms with van der Waals surface area (Å²) in [6.45, 7) is 11.9. The minimum absolute atomic E-state index is 0.0700. The first kappa shape index (κ1) is 29.5. The molecule has 1 spiro atoms. The summed E-state index contributed by atoms with van der Waals surface area (Å²) < 4.78 is 0. The summed E-state index contributed by atoms with van der Waals surface area (Å²) in [6, 6.07) is 12.6. The molecule has 5 rings (SSSR count). The van der Waals surface area contributed by atoms with Crippen LogP contribution in [0.25, 0.3) is 0 Å². The van der Waals surface area contributed by atoms with Gasteiger partial charge in [0.15, 0.2) is 0 Å². The van der Waals surface area contributed by atoms with Gasteiger partial charge in [-0.05, 0) is 73.7 Å². The summed E-state index contributed by atoms with van der Waals surface area (Å²) in [5.74, 6) is -0.317. The monoisotopic (exact) mass is 584 g/mol. The van der Waals surface area contributed by atoms with Crippen molar-refractivity contribution < 1.29 is 9.59 Å². The van der Waals surface area contributed by atoms with Crippen LogP contribution in [0.5, 0.6) is 0 Å². The molecule has 8 heteroatoms. The fraction of sp³-hybridized carbons (Fsp3) is 0.562. The molecule has 3 aliphatic rings. The lowest BCUT2D eigenvalue weighted by Crippen LogP contribution is -2.49. The van der Waals surface area contributed by atoms with Crippen molar-refractivity contribution >= 4 is 40.6 Å². The van der Waals surface area contributed by atoms with Gasteiger partial charge in [0, 0.05) is 60.3 Å². The highest BCUT2D eigenvalue weighted by molar-refractivity contribution is 6.31. The number of carbonyl (C=O) groups excluding carboxylic acids is 2. The van der Waals surface area contributed by atoms with Gasteiger partial charge in [0.1, 0.15) is 11.2 Å². The van der Waals surface area contributed by atoms with Crippen LogP contribution in [0, 0.1) is 5.41 Å². The zero-order chi connectivity index (χ0) is 28.7. The van der Waals surface area contributed by atoms with Crippen molar-refractivity contribution in [2.75, 3.05) is 45.1 Å². The molecule has 0 aromatic heterocycles. The molecule has 0 aliphatic carbocycles. The lowest BCUT2D eigenvalue weighted by molar-refractivity contribution is -0.122. The number of ketones is 1. The Hall–Kier alpha value is -1.96. The largest absolute Gasteiger partial charge is 0.325 e. The second kappa shape index (κ2) is 11.7. The van der Waals surface area contributed by atoms with Crippen LogP contribution in [0.2, 0.25) is 10.0 Å². The third-order valence-corrected chi connectivity index (χ3v) is 9.39. The Kier molecular flexibility index (Phi) is 8.66. The molecule has 0 saturated carbocycles. The first-order valence-electron chi connectivity index (χ1n) is 14.6.